The van der Waals surface area contributed by atoms with E-state index in [9.17, 15) is 9.90 Å². The Labute approximate surface area is 99.3 Å². The van der Waals surface area contributed by atoms with Crippen LogP contribution in [0.25, 0.3) is 10.8 Å². The molecule has 0 unspecified atom stereocenters. The number of aliphatic carboxylic acids is 1. The minimum atomic E-state index is -0.998. The summed E-state index contributed by atoms with van der Waals surface area (Å²) in [7, 11) is 0. The van der Waals surface area contributed by atoms with E-state index in [0.29, 0.717) is 5.56 Å². The number of hydrogen-bond donors (Lipinski definition) is 2. The van der Waals surface area contributed by atoms with E-state index in [1.54, 1.807) is 6.07 Å². The second-order valence-corrected chi connectivity index (χ2v) is 4.13. The number of aryl methyl sites for hydroxylation is 1. The Morgan fingerprint density at radius 2 is 1.82 bits per heavy atom. The Bertz CT molecular complexity index is 560. The second-order valence-electron chi connectivity index (χ2n) is 4.13. The summed E-state index contributed by atoms with van der Waals surface area (Å²) in [5.74, 6) is -0.998. The third-order valence-electron chi connectivity index (χ3n) is 2.90. The van der Waals surface area contributed by atoms with E-state index < -0.39 is 12.1 Å². The van der Waals surface area contributed by atoms with Gasteiger partial charge in [-0.05, 0) is 28.8 Å². The highest BCUT2D eigenvalue weighted by molar-refractivity contribution is 5.89. The van der Waals surface area contributed by atoms with Crippen molar-refractivity contribution in [2.45, 2.75) is 19.4 Å². The number of aliphatic hydroxyl groups is 1. The van der Waals surface area contributed by atoms with E-state index in [1.807, 2.05) is 37.3 Å². The van der Waals surface area contributed by atoms with E-state index in [-0.39, 0.29) is 6.42 Å². The summed E-state index contributed by atoms with van der Waals surface area (Å²) in [6.07, 6.45) is -1.23. The lowest BCUT2D eigenvalue weighted by atomic mass is 9.96. The zero-order valence-corrected chi connectivity index (χ0v) is 9.55. The van der Waals surface area contributed by atoms with Crippen LogP contribution in [0.4, 0.5) is 0 Å². The highest BCUT2D eigenvalue weighted by atomic mass is 16.4. The number of benzene rings is 2. The Morgan fingerprint density at radius 3 is 2.47 bits per heavy atom. The first-order chi connectivity index (χ1) is 8.09. The van der Waals surface area contributed by atoms with Crippen LogP contribution in [0.3, 0.4) is 0 Å². The maximum Gasteiger partial charge on any atom is 0.306 e. The average Bonchev–Trinajstić information content (AvgIpc) is 2.29. The van der Waals surface area contributed by atoms with Crippen LogP contribution in [-0.2, 0) is 4.79 Å². The van der Waals surface area contributed by atoms with Crippen molar-refractivity contribution in [1.82, 2.24) is 0 Å². The van der Waals surface area contributed by atoms with Gasteiger partial charge >= 0.3 is 5.97 Å². The van der Waals surface area contributed by atoms with E-state index in [1.165, 1.54) is 0 Å². The Morgan fingerprint density at radius 1 is 1.18 bits per heavy atom. The van der Waals surface area contributed by atoms with Crippen molar-refractivity contribution in [2.75, 3.05) is 0 Å². The number of carboxylic acid groups (broad SMARTS) is 1. The molecular weight excluding hydrogens is 216 g/mol. The van der Waals surface area contributed by atoms with Gasteiger partial charge in [-0.25, -0.2) is 0 Å². The van der Waals surface area contributed by atoms with Gasteiger partial charge in [0.25, 0.3) is 0 Å². The van der Waals surface area contributed by atoms with E-state index >= 15 is 0 Å². The quantitative estimate of drug-likeness (QED) is 0.852. The molecule has 0 bridgehead atoms. The lowest BCUT2D eigenvalue weighted by Crippen LogP contribution is -2.06. The molecule has 2 aromatic carbocycles. The molecule has 3 heteroatoms. The van der Waals surface area contributed by atoms with Crippen molar-refractivity contribution in [2.24, 2.45) is 0 Å². The zero-order valence-electron chi connectivity index (χ0n) is 9.55. The summed E-state index contributed by atoms with van der Waals surface area (Å²) < 4.78 is 0. The number of aliphatic hydroxyl groups excluding tert-OH is 1. The Hall–Kier alpha value is -1.87. The molecule has 0 aliphatic heterocycles. The first-order valence-electron chi connectivity index (χ1n) is 5.47. The lowest BCUT2D eigenvalue weighted by Gasteiger charge is -2.13. The summed E-state index contributed by atoms with van der Waals surface area (Å²) in [5.41, 5.74) is 1.79. The fourth-order valence-corrected chi connectivity index (χ4v) is 2.04. The van der Waals surface area contributed by atoms with E-state index in [4.69, 9.17) is 5.11 Å². The third-order valence-corrected chi connectivity index (χ3v) is 2.90. The largest absolute Gasteiger partial charge is 0.481 e. The first kappa shape index (κ1) is 11.6. The predicted octanol–water partition coefficient (Wildman–Crippen LogP) is 2.66. The lowest BCUT2D eigenvalue weighted by molar-refractivity contribution is -0.139. The van der Waals surface area contributed by atoms with Gasteiger partial charge in [-0.2, -0.15) is 0 Å². The van der Waals surface area contributed by atoms with Gasteiger partial charge in [0, 0.05) is 0 Å². The minimum Gasteiger partial charge on any atom is -0.481 e. The number of carboxylic acids is 1. The topological polar surface area (TPSA) is 57.5 Å². The van der Waals surface area contributed by atoms with Gasteiger partial charge in [-0.1, -0.05) is 36.4 Å². The molecule has 0 spiro atoms. The van der Waals surface area contributed by atoms with Crippen molar-refractivity contribution in [3.63, 3.8) is 0 Å². The highest BCUT2D eigenvalue weighted by Crippen LogP contribution is 2.28. The van der Waals surface area contributed by atoms with Crippen LogP contribution < -0.4 is 0 Å². The molecule has 0 saturated heterocycles. The molecule has 0 fully saturated rings. The van der Waals surface area contributed by atoms with Crippen molar-refractivity contribution < 1.29 is 15.0 Å². The standard InChI is InChI=1S/C14H14O3/c1-9-6-7-12(13(15)8-14(16)17)11-5-3-2-4-10(9)11/h2-7,13,15H,8H2,1H3,(H,16,17)/t13-/m0/s1. The first-order valence-corrected chi connectivity index (χ1v) is 5.47. The minimum absolute atomic E-state index is 0.271. The summed E-state index contributed by atoms with van der Waals surface area (Å²) in [6, 6.07) is 11.4. The fraction of sp³-hybridized carbons (Fsp3) is 0.214. The van der Waals surface area contributed by atoms with Crippen LogP contribution in [0.2, 0.25) is 0 Å². The van der Waals surface area contributed by atoms with Crippen molar-refractivity contribution >= 4 is 16.7 Å². The molecule has 2 rings (SSSR count). The van der Waals surface area contributed by atoms with Gasteiger partial charge < -0.3 is 10.2 Å². The molecular formula is C14H14O3. The van der Waals surface area contributed by atoms with Gasteiger partial charge in [-0.15, -0.1) is 0 Å². The molecule has 0 radical (unpaired) electrons. The monoisotopic (exact) mass is 230 g/mol. The molecule has 0 aromatic heterocycles. The van der Waals surface area contributed by atoms with Crippen LogP contribution in [-0.4, -0.2) is 16.2 Å². The number of carbonyl (C=O) groups is 1. The fourth-order valence-electron chi connectivity index (χ4n) is 2.04. The van der Waals surface area contributed by atoms with Crippen LogP contribution in [0.1, 0.15) is 23.7 Å². The molecule has 2 N–H and O–H groups in total. The van der Waals surface area contributed by atoms with Crippen LogP contribution in [0.5, 0.6) is 0 Å². The summed E-state index contributed by atoms with van der Waals surface area (Å²) >= 11 is 0. The normalized spacial score (nSPS) is 12.6. The zero-order chi connectivity index (χ0) is 12.4. The summed E-state index contributed by atoms with van der Waals surface area (Å²) in [6.45, 7) is 2.00. The van der Waals surface area contributed by atoms with Gasteiger partial charge in [-0.3, -0.25) is 4.79 Å². The van der Waals surface area contributed by atoms with E-state index in [2.05, 4.69) is 0 Å². The van der Waals surface area contributed by atoms with Crippen LogP contribution in [0, 0.1) is 6.92 Å². The van der Waals surface area contributed by atoms with Crippen LogP contribution in [0.15, 0.2) is 36.4 Å². The van der Waals surface area contributed by atoms with Gasteiger partial charge in [0.1, 0.15) is 0 Å². The van der Waals surface area contributed by atoms with Crippen LogP contribution >= 0.6 is 0 Å². The third kappa shape index (κ3) is 2.29. The molecule has 0 heterocycles. The number of fused-ring (bicyclic) bond motifs is 1. The van der Waals surface area contributed by atoms with Gasteiger partial charge in [0.2, 0.25) is 0 Å². The molecule has 3 nitrogen and oxygen atoms in total. The smallest absolute Gasteiger partial charge is 0.306 e. The SMILES string of the molecule is Cc1ccc([C@@H](O)CC(=O)O)c2ccccc12. The molecule has 0 amide bonds. The molecule has 17 heavy (non-hydrogen) atoms. The van der Waals surface area contributed by atoms with Gasteiger partial charge in [0.05, 0.1) is 12.5 Å². The van der Waals surface area contributed by atoms with Gasteiger partial charge in [0.15, 0.2) is 0 Å². The molecule has 1 atom stereocenters. The predicted molar refractivity (Wildman–Crippen MR) is 65.9 cm³/mol. The second kappa shape index (κ2) is 4.55. The molecule has 0 aliphatic carbocycles. The maximum absolute atomic E-state index is 10.6. The maximum atomic E-state index is 10.6. The molecule has 88 valence electrons. The highest BCUT2D eigenvalue weighted by Gasteiger charge is 2.15. The van der Waals surface area contributed by atoms with Crippen molar-refractivity contribution in [3.05, 3.63) is 47.5 Å². The summed E-state index contributed by atoms with van der Waals surface area (Å²) in [5, 5.41) is 20.6. The molecule has 2 aromatic rings. The van der Waals surface area contributed by atoms with E-state index in [0.717, 1.165) is 16.3 Å². The Balaban J connectivity index is 2.55. The molecule has 0 aliphatic rings. The van der Waals surface area contributed by atoms with Crippen molar-refractivity contribution in [3.8, 4) is 0 Å². The number of hydrogen-bond acceptors (Lipinski definition) is 2. The Kier molecular flexibility index (Phi) is 3.11. The molecule has 0 saturated carbocycles. The average molecular weight is 230 g/mol. The van der Waals surface area contributed by atoms with Crippen molar-refractivity contribution in [1.29, 1.82) is 0 Å². The summed E-state index contributed by atoms with van der Waals surface area (Å²) in [4.78, 5) is 10.6. The number of rotatable bonds is 3.